The number of hydrogen-bond donors (Lipinski definition) is 1. The largest absolute Gasteiger partial charge is 0.388 e. The van der Waals surface area contributed by atoms with Crippen LogP contribution >= 0.6 is 11.3 Å². The zero-order chi connectivity index (χ0) is 15.2. The van der Waals surface area contributed by atoms with Crippen LogP contribution in [0.1, 0.15) is 36.8 Å². The molecular formula is C17H22FNOS. The number of hydrogen-bond acceptors (Lipinski definition) is 3. The van der Waals surface area contributed by atoms with Crippen LogP contribution in [-0.2, 0) is 6.54 Å². The molecule has 0 saturated carbocycles. The molecule has 1 atom stereocenters. The van der Waals surface area contributed by atoms with Gasteiger partial charge in [0, 0.05) is 29.6 Å². The third-order valence-corrected chi connectivity index (χ3v) is 4.48. The van der Waals surface area contributed by atoms with E-state index in [4.69, 9.17) is 0 Å². The lowest BCUT2D eigenvalue weighted by Crippen LogP contribution is -2.31. The van der Waals surface area contributed by atoms with Crippen LogP contribution in [0.3, 0.4) is 0 Å². The maximum absolute atomic E-state index is 13.7. The summed E-state index contributed by atoms with van der Waals surface area (Å²) in [6.07, 6.45) is -0.222. The van der Waals surface area contributed by atoms with E-state index >= 15 is 0 Å². The van der Waals surface area contributed by atoms with E-state index < -0.39 is 6.10 Å². The van der Waals surface area contributed by atoms with Gasteiger partial charge in [-0.15, -0.1) is 11.3 Å². The first-order valence-corrected chi connectivity index (χ1v) is 8.15. The third kappa shape index (κ3) is 4.63. The first-order valence-electron chi connectivity index (χ1n) is 7.27. The van der Waals surface area contributed by atoms with Crippen molar-refractivity contribution in [2.24, 2.45) is 0 Å². The topological polar surface area (TPSA) is 23.5 Å². The second-order valence-corrected chi connectivity index (χ2v) is 6.50. The summed E-state index contributed by atoms with van der Waals surface area (Å²) in [6.45, 7) is 5.90. The van der Waals surface area contributed by atoms with Gasteiger partial charge < -0.3 is 5.11 Å². The molecule has 1 unspecified atom stereocenters. The predicted octanol–water partition coefficient (Wildman–Crippen LogP) is 4.22. The zero-order valence-electron chi connectivity index (χ0n) is 12.5. The minimum Gasteiger partial charge on any atom is -0.388 e. The van der Waals surface area contributed by atoms with Crippen molar-refractivity contribution in [2.45, 2.75) is 39.0 Å². The number of nitrogens with zero attached hydrogens (tertiary/aromatic N) is 1. The van der Waals surface area contributed by atoms with E-state index in [1.165, 1.54) is 10.9 Å². The van der Waals surface area contributed by atoms with E-state index in [-0.39, 0.29) is 5.82 Å². The van der Waals surface area contributed by atoms with Crippen molar-refractivity contribution in [2.75, 3.05) is 6.54 Å². The summed E-state index contributed by atoms with van der Waals surface area (Å²) in [5.74, 6) is -0.334. The second kappa shape index (κ2) is 7.69. The van der Waals surface area contributed by atoms with Gasteiger partial charge in [-0.25, -0.2) is 4.39 Å². The van der Waals surface area contributed by atoms with Crippen molar-refractivity contribution in [3.05, 3.63) is 58.0 Å². The van der Waals surface area contributed by atoms with Crippen molar-refractivity contribution >= 4 is 11.3 Å². The van der Waals surface area contributed by atoms with Gasteiger partial charge in [-0.2, -0.15) is 0 Å². The minimum atomic E-state index is -0.754. The Labute approximate surface area is 129 Å². The van der Waals surface area contributed by atoms with Crippen LogP contribution in [0.5, 0.6) is 0 Å². The molecule has 1 N–H and O–H groups in total. The highest BCUT2D eigenvalue weighted by atomic mass is 32.1. The lowest BCUT2D eigenvalue weighted by atomic mass is 10.1. The summed E-state index contributed by atoms with van der Waals surface area (Å²) in [5, 5.41) is 12.3. The molecule has 0 amide bonds. The Bertz CT molecular complexity index is 541. The van der Waals surface area contributed by atoms with Crippen molar-refractivity contribution < 1.29 is 9.50 Å². The smallest absolute Gasteiger partial charge is 0.128 e. The third-order valence-electron chi connectivity index (χ3n) is 3.62. The second-order valence-electron chi connectivity index (χ2n) is 5.47. The van der Waals surface area contributed by atoms with Gasteiger partial charge in [0.2, 0.25) is 0 Å². The average Bonchev–Trinajstić information content (AvgIpc) is 2.96. The fraction of sp³-hybridized carbons (Fsp3) is 0.412. The molecular weight excluding hydrogens is 285 g/mol. The normalized spacial score (nSPS) is 13.0. The van der Waals surface area contributed by atoms with Crippen molar-refractivity contribution in [3.8, 4) is 0 Å². The minimum absolute atomic E-state index is 0.334. The van der Waals surface area contributed by atoms with Crippen molar-refractivity contribution in [1.29, 1.82) is 0 Å². The highest BCUT2D eigenvalue weighted by Gasteiger charge is 2.16. The summed E-state index contributed by atoms with van der Waals surface area (Å²) >= 11 is 1.74. The summed E-state index contributed by atoms with van der Waals surface area (Å²) in [6, 6.07) is 11.0. The first-order chi connectivity index (χ1) is 10.1. The van der Waals surface area contributed by atoms with E-state index in [9.17, 15) is 9.50 Å². The summed E-state index contributed by atoms with van der Waals surface area (Å²) in [7, 11) is 0. The Hall–Kier alpha value is -1.23. The van der Waals surface area contributed by atoms with E-state index in [0.717, 1.165) is 13.1 Å². The molecule has 2 rings (SSSR count). The molecule has 0 spiro atoms. The SMILES string of the molecule is CC(C)N(CCC(O)c1ccccc1F)Cc1cccs1. The van der Waals surface area contributed by atoms with Gasteiger partial charge in [0.25, 0.3) is 0 Å². The number of aliphatic hydroxyl groups is 1. The van der Waals surface area contributed by atoms with E-state index in [2.05, 4.69) is 30.2 Å². The Morgan fingerprint density at radius 2 is 1.95 bits per heavy atom. The van der Waals surface area contributed by atoms with Crippen LogP contribution in [0, 0.1) is 5.82 Å². The maximum atomic E-state index is 13.7. The highest BCUT2D eigenvalue weighted by Crippen LogP contribution is 2.21. The molecule has 21 heavy (non-hydrogen) atoms. The van der Waals surface area contributed by atoms with Gasteiger partial charge in [-0.05, 0) is 37.8 Å². The quantitative estimate of drug-likeness (QED) is 0.828. The molecule has 0 aliphatic heterocycles. The van der Waals surface area contributed by atoms with E-state index in [1.54, 1.807) is 29.5 Å². The summed E-state index contributed by atoms with van der Waals surface area (Å²) in [4.78, 5) is 3.61. The van der Waals surface area contributed by atoms with Crippen LogP contribution in [0.4, 0.5) is 4.39 Å². The van der Waals surface area contributed by atoms with Crippen LogP contribution < -0.4 is 0 Å². The molecule has 2 nitrogen and oxygen atoms in total. The molecule has 114 valence electrons. The van der Waals surface area contributed by atoms with Gasteiger partial charge in [0.15, 0.2) is 0 Å². The first kappa shape index (κ1) is 16.1. The molecule has 2 aromatic rings. The molecule has 1 aromatic heterocycles. The van der Waals surface area contributed by atoms with Crippen LogP contribution in [0.2, 0.25) is 0 Å². The maximum Gasteiger partial charge on any atom is 0.128 e. The molecule has 0 fully saturated rings. The molecule has 1 heterocycles. The molecule has 0 bridgehead atoms. The average molecular weight is 307 g/mol. The van der Waals surface area contributed by atoms with Crippen LogP contribution in [-0.4, -0.2) is 22.6 Å². The lowest BCUT2D eigenvalue weighted by Gasteiger charge is -2.27. The van der Waals surface area contributed by atoms with Gasteiger partial charge >= 0.3 is 0 Å². The summed E-state index contributed by atoms with van der Waals surface area (Å²) in [5.41, 5.74) is 0.386. The fourth-order valence-corrected chi connectivity index (χ4v) is 3.04. The van der Waals surface area contributed by atoms with Crippen LogP contribution in [0.15, 0.2) is 41.8 Å². The fourth-order valence-electron chi connectivity index (χ4n) is 2.31. The highest BCUT2D eigenvalue weighted by molar-refractivity contribution is 7.09. The van der Waals surface area contributed by atoms with Gasteiger partial charge in [-0.3, -0.25) is 4.90 Å². The number of halogens is 1. The van der Waals surface area contributed by atoms with Gasteiger partial charge in [0.1, 0.15) is 5.82 Å². The Morgan fingerprint density at radius 1 is 1.19 bits per heavy atom. The monoisotopic (exact) mass is 307 g/mol. The molecule has 0 aliphatic carbocycles. The Balaban J connectivity index is 1.94. The van der Waals surface area contributed by atoms with Crippen molar-refractivity contribution in [3.63, 3.8) is 0 Å². The number of rotatable bonds is 7. The van der Waals surface area contributed by atoms with Crippen molar-refractivity contribution in [1.82, 2.24) is 4.90 Å². The molecule has 1 aromatic carbocycles. The molecule has 0 saturated heterocycles. The number of aliphatic hydroxyl groups excluding tert-OH is 1. The molecule has 4 heteroatoms. The predicted molar refractivity (Wildman–Crippen MR) is 85.8 cm³/mol. The summed E-state index contributed by atoms with van der Waals surface area (Å²) < 4.78 is 13.7. The Kier molecular flexibility index (Phi) is 5.91. The molecule has 0 radical (unpaired) electrons. The van der Waals surface area contributed by atoms with E-state index in [0.29, 0.717) is 18.0 Å². The number of benzene rings is 1. The molecule has 0 aliphatic rings. The lowest BCUT2D eigenvalue weighted by molar-refractivity contribution is 0.124. The zero-order valence-corrected chi connectivity index (χ0v) is 13.3. The van der Waals surface area contributed by atoms with Gasteiger partial charge in [0.05, 0.1) is 6.10 Å². The standard InChI is InChI=1S/C17H22FNOS/c1-13(2)19(12-14-6-5-11-21-14)10-9-17(20)15-7-3-4-8-16(15)18/h3-8,11,13,17,20H,9-10,12H2,1-2H3. The van der Waals surface area contributed by atoms with Gasteiger partial charge in [-0.1, -0.05) is 24.3 Å². The Morgan fingerprint density at radius 3 is 2.57 bits per heavy atom. The van der Waals surface area contributed by atoms with Crippen LogP contribution in [0.25, 0.3) is 0 Å². The number of thiophene rings is 1. The van der Waals surface area contributed by atoms with E-state index in [1.807, 2.05) is 6.07 Å².